The van der Waals surface area contributed by atoms with Crippen LogP contribution in [0.4, 0.5) is 0 Å². The second-order valence-electron chi connectivity index (χ2n) is 8.64. The minimum Gasteiger partial charge on any atom is -0.469 e. The third kappa shape index (κ3) is 8.22. The van der Waals surface area contributed by atoms with Crippen LogP contribution in [-0.2, 0) is 26.0 Å². The van der Waals surface area contributed by atoms with Crippen LogP contribution < -0.4 is 4.72 Å². The molecule has 3 rings (SSSR count). The number of carbonyl (C=O) groups is 1. The molecular weight excluding hydrogens is 448 g/mol. The van der Waals surface area contributed by atoms with E-state index >= 15 is 0 Å². The van der Waals surface area contributed by atoms with Crippen LogP contribution in [0.5, 0.6) is 0 Å². The van der Waals surface area contributed by atoms with Crippen molar-refractivity contribution in [2.24, 2.45) is 5.92 Å². The highest BCUT2D eigenvalue weighted by atomic mass is 32.2. The molecule has 0 aliphatic carbocycles. The topological polar surface area (TPSA) is 85.4 Å². The van der Waals surface area contributed by atoms with Gasteiger partial charge in [0.2, 0.25) is 10.0 Å². The number of aryl methyl sites for hydroxylation is 1. The Labute approximate surface area is 202 Å². The van der Waals surface area contributed by atoms with E-state index in [0.717, 1.165) is 55.7 Å². The Bertz CT molecular complexity index is 1150. The molecule has 0 bridgehead atoms. The Kier molecular flexibility index (Phi) is 10.0. The molecule has 0 saturated heterocycles. The molecule has 0 aliphatic heterocycles. The average Bonchev–Trinajstić information content (AvgIpc) is 2.86. The molecule has 1 aromatic heterocycles. The molecule has 1 unspecified atom stereocenters. The van der Waals surface area contributed by atoms with Crippen LogP contribution in [-0.4, -0.2) is 33.0 Å². The highest BCUT2D eigenvalue weighted by Crippen LogP contribution is 2.22. The molecule has 182 valence electrons. The van der Waals surface area contributed by atoms with Crippen LogP contribution in [0.15, 0.2) is 71.9 Å². The standard InChI is InChI=1S/C27H34N2O4S/c1-33-27(30)17-14-22(9-6-10-23-11-7-18-28-21-23)8-4-5-19-29-34(31,32)26-16-15-24-12-2-3-13-25(24)20-26/h2-3,7,11-13,15-16,18,20-22,29H,4-6,8-10,14,17,19H2,1H3. The first-order valence-electron chi connectivity index (χ1n) is 11.9. The smallest absolute Gasteiger partial charge is 0.305 e. The van der Waals surface area contributed by atoms with Crippen molar-refractivity contribution in [3.8, 4) is 0 Å². The number of ether oxygens (including phenoxy) is 1. The number of methoxy groups -OCH3 is 1. The molecule has 1 heterocycles. The fourth-order valence-electron chi connectivity index (χ4n) is 4.18. The summed E-state index contributed by atoms with van der Waals surface area (Å²) in [6.07, 6.45) is 10.5. The summed E-state index contributed by atoms with van der Waals surface area (Å²) >= 11 is 0. The van der Waals surface area contributed by atoms with E-state index in [1.54, 1.807) is 18.3 Å². The molecule has 0 fully saturated rings. The third-order valence-corrected chi connectivity index (χ3v) is 7.61. The van der Waals surface area contributed by atoms with Crippen molar-refractivity contribution in [2.45, 2.75) is 56.3 Å². The number of benzene rings is 2. The van der Waals surface area contributed by atoms with Gasteiger partial charge in [-0.1, -0.05) is 55.7 Å². The van der Waals surface area contributed by atoms with Gasteiger partial charge in [0.25, 0.3) is 0 Å². The summed E-state index contributed by atoms with van der Waals surface area (Å²) in [6, 6.07) is 16.9. The quantitative estimate of drug-likeness (QED) is 0.250. The van der Waals surface area contributed by atoms with Gasteiger partial charge in [-0.25, -0.2) is 13.1 Å². The molecule has 0 radical (unpaired) electrons. The van der Waals surface area contributed by atoms with E-state index in [-0.39, 0.29) is 10.9 Å². The normalized spacial score (nSPS) is 12.5. The lowest BCUT2D eigenvalue weighted by molar-refractivity contribution is -0.141. The van der Waals surface area contributed by atoms with Crippen molar-refractivity contribution in [1.29, 1.82) is 0 Å². The van der Waals surface area contributed by atoms with E-state index < -0.39 is 10.0 Å². The van der Waals surface area contributed by atoms with Crippen LogP contribution in [0.2, 0.25) is 0 Å². The van der Waals surface area contributed by atoms with Gasteiger partial charge in [0.15, 0.2) is 0 Å². The summed E-state index contributed by atoms with van der Waals surface area (Å²) in [7, 11) is -2.12. The van der Waals surface area contributed by atoms with E-state index in [1.807, 2.05) is 42.6 Å². The van der Waals surface area contributed by atoms with E-state index in [0.29, 0.717) is 18.9 Å². The summed E-state index contributed by atoms with van der Waals surface area (Å²) in [4.78, 5) is 16.1. The van der Waals surface area contributed by atoms with Crippen LogP contribution in [0.1, 0.15) is 50.5 Å². The van der Waals surface area contributed by atoms with Crippen molar-refractivity contribution in [2.75, 3.05) is 13.7 Å². The van der Waals surface area contributed by atoms with Gasteiger partial charge in [-0.3, -0.25) is 9.78 Å². The number of unbranched alkanes of at least 4 members (excludes halogenated alkanes) is 1. The van der Waals surface area contributed by atoms with Gasteiger partial charge in [0.05, 0.1) is 12.0 Å². The van der Waals surface area contributed by atoms with E-state index in [9.17, 15) is 13.2 Å². The largest absolute Gasteiger partial charge is 0.469 e. The van der Waals surface area contributed by atoms with Crippen molar-refractivity contribution < 1.29 is 17.9 Å². The van der Waals surface area contributed by atoms with Gasteiger partial charge >= 0.3 is 5.97 Å². The number of hydrogen-bond acceptors (Lipinski definition) is 5. The number of nitrogens with zero attached hydrogens (tertiary/aromatic N) is 1. The highest BCUT2D eigenvalue weighted by Gasteiger charge is 2.15. The summed E-state index contributed by atoms with van der Waals surface area (Å²) < 4.78 is 32.9. The number of sulfonamides is 1. The van der Waals surface area contributed by atoms with Crippen molar-refractivity contribution in [1.82, 2.24) is 9.71 Å². The zero-order valence-corrected chi connectivity index (χ0v) is 20.6. The predicted octanol–water partition coefficient (Wildman–Crippen LogP) is 5.28. The maximum absolute atomic E-state index is 12.7. The van der Waals surface area contributed by atoms with E-state index in [1.165, 1.54) is 12.7 Å². The molecule has 0 saturated carbocycles. The Morgan fingerprint density at radius 2 is 1.76 bits per heavy atom. The fourth-order valence-corrected chi connectivity index (χ4v) is 5.29. The molecule has 1 atom stereocenters. The predicted molar refractivity (Wildman–Crippen MR) is 135 cm³/mol. The number of rotatable bonds is 14. The first-order chi connectivity index (χ1) is 16.5. The molecule has 7 heteroatoms. The lowest BCUT2D eigenvalue weighted by atomic mass is 9.91. The van der Waals surface area contributed by atoms with Crippen LogP contribution in [0, 0.1) is 5.92 Å². The van der Waals surface area contributed by atoms with Crippen LogP contribution in [0.3, 0.4) is 0 Å². The Balaban J connectivity index is 1.44. The molecule has 34 heavy (non-hydrogen) atoms. The number of hydrogen-bond donors (Lipinski definition) is 1. The molecule has 1 N–H and O–H groups in total. The molecule has 3 aromatic rings. The Morgan fingerprint density at radius 3 is 2.53 bits per heavy atom. The summed E-state index contributed by atoms with van der Waals surface area (Å²) in [5.41, 5.74) is 1.22. The summed E-state index contributed by atoms with van der Waals surface area (Å²) in [5, 5.41) is 1.92. The second kappa shape index (κ2) is 13.2. The van der Waals surface area contributed by atoms with Gasteiger partial charge in [0, 0.05) is 25.4 Å². The number of fused-ring (bicyclic) bond motifs is 1. The number of pyridine rings is 1. The SMILES string of the molecule is COC(=O)CCC(CCCCNS(=O)(=O)c1ccc2ccccc2c1)CCCc1cccnc1. The lowest BCUT2D eigenvalue weighted by Crippen LogP contribution is -2.24. The first kappa shape index (κ1) is 25.8. The van der Waals surface area contributed by atoms with Crippen molar-refractivity contribution in [3.05, 3.63) is 72.6 Å². The number of esters is 1. The minimum atomic E-state index is -3.54. The highest BCUT2D eigenvalue weighted by molar-refractivity contribution is 7.89. The van der Waals surface area contributed by atoms with Crippen molar-refractivity contribution in [3.63, 3.8) is 0 Å². The zero-order valence-electron chi connectivity index (χ0n) is 19.8. The fraction of sp³-hybridized carbons (Fsp3) is 0.407. The summed E-state index contributed by atoms with van der Waals surface area (Å²) in [5.74, 6) is 0.230. The van der Waals surface area contributed by atoms with Crippen molar-refractivity contribution >= 4 is 26.8 Å². The van der Waals surface area contributed by atoms with E-state index in [4.69, 9.17) is 4.74 Å². The van der Waals surface area contributed by atoms with Gasteiger partial charge in [0.1, 0.15) is 0 Å². The molecule has 0 spiro atoms. The number of nitrogens with one attached hydrogen (secondary N) is 1. The van der Waals surface area contributed by atoms with Crippen LogP contribution >= 0.6 is 0 Å². The monoisotopic (exact) mass is 482 g/mol. The maximum atomic E-state index is 12.7. The zero-order chi connectivity index (χ0) is 24.2. The molecule has 6 nitrogen and oxygen atoms in total. The third-order valence-electron chi connectivity index (χ3n) is 6.15. The van der Waals surface area contributed by atoms with Gasteiger partial charge in [-0.05, 0) is 66.1 Å². The van der Waals surface area contributed by atoms with E-state index in [2.05, 4.69) is 15.8 Å². The first-order valence-corrected chi connectivity index (χ1v) is 13.4. The molecule has 2 aromatic carbocycles. The molecular formula is C27H34N2O4S. The minimum absolute atomic E-state index is 0.180. The molecule has 0 aliphatic rings. The Morgan fingerprint density at radius 1 is 0.971 bits per heavy atom. The number of carbonyl (C=O) groups excluding carboxylic acids is 1. The Hall–Kier alpha value is -2.77. The average molecular weight is 483 g/mol. The molecule has 0 amide bonds. The van der Waals surface area contributed by atoms with Gasteiger partial charge < -0.3 is 4.74 Å². The summed E-state index contributed by atoms with van der Waals surface area (Å²) in [6.45, 7) is 0.397. The second-order valence-corrected chi connectivity index (χ2v) is 10.4. The van der Waals surface area contributed by atoms with Gasteiger partial charge in [-0.2, -0.15) is 0 Å². The number of aromatic nitrogens is 1. The lowest BCUT2D eigenvalue weighted by Gasteiger charge is -2.16. The maximum Gasteiger partial charge on any atom is 0.305 e. The van der Waals surface area contributed by atoms with Gasteiger partial charge in [-0.15, -0.1) is 0 Å². The van der Waals surface area contributed by atoms with Crippen LogP contribution in [0.25, 0.3) is 10.8 Å².